The maximum atomic E-state index is 11.9. The van der Waals surface area contributed by atoms with Gasteiger partial charge in [-0.25, -0.2) is 0 Å². The predicted molar refractivity (Wildman–Crippen MR) is 72.3 cm³/mol. The molecule has 18 heavy (non-hydrogen) atoms. The Labute approximate surface area is 107 Å². The van der Waals surface area contributed by atoms with Crippen LogP contribution in [0.15, 0.2) is 54.9 Å². The van der Waals surface area contributed by atoms with Crippen LogP contribution in [0.2, 0.25) is 0 Å². The summed E-state index contributed by atoms with van der Waals surface area (Å²) in [7, 11) is 0. The average molecular weight is 242 g/mol. The van der Waals surface area contributed by atoms with Gasteiger partial charge >= 0.3 is 0 Å². The molecule has 1 amide bonds. The molecule has 94 valence electrons. The van der Waals surface area contributed by atoms with Crippen molar-refractivity contribution in [3.05, 3.63) is 60.4 Å². The monoisotopic (exact) mass is 242 g/mol. The number of hydrogen-bond donors (Lipinski definition) is 1. The topological polar surface area (TPSA) is 34.0 Å². The summed E-state index contributed by atoms with van der Waals surface area (Å²) in [6, 6.07) is 13.9. The van der Waals surface area contributed by atoms with E-state index in [9.17, 15) is 4.79 Å². The summed E-state index contributed by atoms with van der Waals surface area (Å²) in [6.45, 7) is 2.58. The Morgan fingerprint density at radius 3 is 2.50 bits per heavy atom. The molecule has 2 aromatic rings. The molecule has 3 heteroatoms. The second-order valence-corrected chi connectivity index (χ2v) is 4.33. The number of nitrogens with zero attached hydrogens (tertiary/aromatic N) is 1. The second-order valence-electron chi connectivity index (χ2n) is 4.33. The van der Waals surface area contributed by atoms with Crippen molar-refractivity contribution >= 4 is 5.91 Å². The fraction of sp³-hybridized carbons (Fsp3) is 0.267. The molecule has 0 unspecified atom stereocenters. The molecule has 1 N–H and O–H groups in total. The summed E-state index contributed by atoms with van der Waals surface area (Å²) in [6.07, 6.45) is 4.67. The average Bonchev–Trinajstić information content (AvgIpc) is 2.93. The van der Waals surface area contributed by atoms with Crippen LogP contribution in [0.3, 0.4) is 0 Å². The molecule has 0 aliphatic rings. The fourth-order valence-electron chi connectivity index (χ4n) is 1.86. The van der Waals surface area contributed by atoms with Crippen molar-refractivity contribution in [3.8, 4) is 0 Å². The minimum Gasteiger partial charge on any atom is -0.354 e. The van der Waals surface area contributed by atoms with Gasteiger partial charge in [0, 0.05) is 18.9 Å². The SMILES string of the molecule is C[C@H](C(=O)NCCc1ccccc1)n1cccc1. The van der Waals surface area contributed by atoms with Crippen molar-refractivity contribution in [2.75, 3.05) is 6.54 Å². The molecular weight excluding hydrogens is 224 g/mol. The van der Waals surface area contributed by atoms with Crippen LogP contribution in [-0.2, 0) is 11.2 Å². The van der Waals surface area contributed by atoms with E-state index in [1.807, 2.05) is 54.2 Å². The molecule has 0 spiro atoms. The quantitative estimate of drug-likeness (QED) is 0.858. The Kier molecular flexibility index (Phi) is 4.18. The van der Waals surface area contributed by atoms with Gasteiger partial charge in [-0.1, -0.05) is 30.3 Å². The summed E-state index contributed by atoms with van der Waals surface area (Å²) in [4.78, 5) is 11.9. The summed E-state index contributed by atoms with van der Waals surface area (Å²) in [5, 5.41) is 2.96. The lowest BCUT2D eigenvalue weighted by Crippen LogP contribution is -2.32. The molecule has 0 saturated heterocycles. The van der Waals surface area contributed by atoms with Crippen LogP contribution in [-0.4, -0.2) is 17.0 Å². The Balaban J connectivity index is 1.79. The molecule has 1 aromatic carbocycles. The van der Waals surface area contributed by atoms with Crippen molar-refractivity contribution in [3.63, 3.8) is 0 Å². The summed E-state index contributed by atoms with van der Waals surface area (Å²) < 4.78 is 1.90. The van der Waals surface area contributed by atoms with E-state index in [0.717, 1.165) is 6.42 Å². The molecular formula is C15H18N2O. The number of carbonyl (C=O) groups is 1. The molecule has 0 fully saturated rings. The minimum absolute atomic E-state index is 0.0575. The number of amides is 1. The largest absolute Gasteiger partial charge is 0.354 e. The number of hydrogen-bond acceptors (Lipinski definition) is 1. The van der Waals surface area contributed by atoms with Crippen molar-refractivity contribution in [1.29, 1.82) is 0 Å². The van der Waals surface area contributed by atoms with Crippen LogP contribution < -0.4 is 5.32 Å². The molecule has 0 aliphatic heterocycles. The first-order valence-corrected chi connectivity index (χ1v) is 6.21. The molecule has 0 aliphatic carbocycles. The van der Waals surface area contributed by atoms with Crippen molar-refractivity contribution in [2.24, 2.45) is 0 Å². The predicted octanol–water partition coefficient (Wildman–Crippen LogP) is 2.41. The van der Waals surface area contributed by atoms with Gasteiger partial charge in [-0.15, -0.1) is 0 Å². The van der Waals surface area contributed by atoms with E-state index in [4.69, 9.17) is 0 Å². The summed E-state index contributed by atoms with van der Waals surface area (Å²) in [5.74, 6) is 0.0575. The molecule has 0 bridgehead atoms. The first kappa shape index (κ1) is 12.4. The van der Waals surface area contributed by atoms with Gasteiger partial charge in [0.2, 0.25) is 5.91 Å². The molecule has 1 heterocycles. The van der Waals surface area contributed by atoms with Crippen LogP contribution in [0.4, 0.5) is 0 Å². The van der Waals surface area contributed by atoms with E-state index < -0.39 is 0 Å². The van der Waals surface area contributed by atoms with Crippen LogP contribution in [0, 0.1) is 0 Å². The van der Waals surface area contributed by atoms with Crippen LogP contribution in [0.1, 0.15) is 18.5 Å². The van der Waals surface area contributed by atoms with E-state index in [1.54, 1.807) is 0 Å². The van der Waals surface area contributed by atoms with Crippen molar-refractivity contribution in [1.82, 2.24) is 9.88 Å². The standard InChI is InChI=1S/C15H18N2O/c1-13(17-11-5-6-12-17)15(18)16-10-9-14-7-3-2-4-8-14/h2-8,11-13H,9-10H2,1H3,(H,16,18)/t13-/m1/s1. The molecule has 1 aromatic heterocycles. The highest BCUT2D eigenvalue weighted by atomic mass is 16.2. The highest BCUT2D eigenvalue weighted by Crippen LogP contribution is 2.05. The number of rotatable bonds is 5. The summed E-state index contributed by atoms with van der Waals surface area (Å²) in [5.41, 5.74) is 1.24. The van der Waals surface area contributed by atoms with Gasteiger partial charge < -0.3 is 9.88 Å². The summed E-state index contributed by atoms with van der Waals surface area (Å²) >= 11 is 0. The maximum Gasteiger partial charge on any atom is 0.242 e. The van der Waals surface area contributed by atoms with Gasteiger partial charge in [0.05, 0.1) is 0 Å². The van der Waals surface area contributed by atoms with E-state index in [2.05, 4.69) is 17.4 Å². The number of carbonyl (C=O) groups excluding carboxylic acids is 1. The van der Waals surface area contributed by atoms with Gasteiger partial charge in [-0.05, 0) is 31.0 Å². The van der Waals surface area contributed by atoms with E-state index >= 15 is 0 Å². The third kappa shape index (κ3) is 3.23. The smallest absolute Gasteiger partial charge is 0.242 e. The Bertz CT molecular complexity index is 476. The molecule has 0 saturated carbocycles. The van der Waals surface area contributed by atoms with Gasteiger partial charge in [-0.2, -0.15) is 0 Å². The highest BCUT2D eigenvalue weighted by molar-refractivity contribution is 5.79. The van der Waals surface area contributed by atoms with Gasteiger partial charge in [0.25, 0.3) is 0 Å². The number of aromatic nitrogens is 1. The van der Waals surface area contributed by atoms with Crippen LogP contribution in [0.25, 0.3) is 0 Å². The lowest BCUT2D eigenvalue weighted by molar-refractivity contribution is -0.123. The van der Waals surface area contributed by atoms with Gasteiger partial charge in [0.1, 0.15) is 6.04 Å². The zero-order chi connectivity index (χ0) is 12.8. The van der Waals surface area contributed by atoms with Gasteiger partial charge in [-0.3, -0.25) is 4.79 Å². The van der Waals surface area contributed by atoms with Crippen molar-refractivity contribution in [2.45, 2.75) is 19.4 Å². The minimum atomic E-state index is -0.157. The first-order valence-electron chi connectivity index (χ1n) is 6.21. The zero-order valence-electron chi connectivity index (χ0n) is 10.5. The molecule has 3 nitrogen and oxygen atoms in total. The van der Waals surface area contributed by atoms with Crippen LogP contribution >= 0.6 is 0 Å². The Hall–Kier alpha value is -2.03. The Morgan fingerprint density at radius 2 is 1.83 bits per heavy atom. The molecule has 1 atom stereocenters. The lowest BCUT2D eigenvalue weighted by Gasteiger charge is -2.13. The number of benzene rings is 1. The maximum absolute atomic E-state index is 11.9. The highest BCUT2D eigenvalue weighted by Gasteiger charge is 2.12. The Morgan fingerprint density at radius 1 is 1.17 bits per heavy atom. The van der Waals surface area contributed by atoms with Gasteiger partial charge in [0.15, 0.2) is 0 Å². The molecule has 0 radical (unpaired) electrons. The lowest BCUT2D eigenvalue weighted by atomic mass is 10.1. The van der Waals surface area contributed by atoms with E-state index in [-0.39, 0.29) is 11.9 Å². The van der Waals surface area contributed by atoms with Crippen molar-refractivity contribution < 1.29 is 4.79 Å². The van der Waals surface area contributed by atoms with E-state index in [0.29, 0.717) is 6.54 Å². The second kappa shape index (κ2) is 6.05. The van der Waals surface area contributed by atoms with E-state index in [1.165, 1.54) is 5.56 Å². The third-order valence-corrected chi connectivity index (χ3v) is 3.01. The zero-order valence-corrected chi connectivity index (χ0v) is 10.5. The fourth-order valence-corrected chi connectivity index (χ4v) is 1.86. The normalized spacial score (nSPS) is 12.1. The third-order valence-electron chi connectivity index (χ3n) is 3.01. The first-order chi connectivity index (χ1) is 8.77. The molecule has 2 rings (SSSR count). The van der Waals surface area contributed by atoms with Crippen LogP contribution in [0.5, 0.6) is 0 Å². The number of nitrogens with one attached hydrogen (secondary N) is 1.